The lowest BCUT2D eigenvalue weighted by Crippen LogP contribution is -1.86. The van der Waals surface area contributed by atoms with Gasteiger partial charge in [-0.2, -0.15) is 0 Å². The van der Waals surface area contributed by atoms with Crippen molar-refractivity contribution in [2.75, 3.05) is 13.2 Å². The molecule has 0 heterocycles. The number of carbonyl (C=O) groups excluding carboxylic acids is 1. The summed E-state index contributed by atoms with van der Waals surface area (Å²) in [6.45, 7) is 2.86. The van der Waals surface area contributed by atoms with Gasteiger partial charge in [-0.1, -0.05) is 6.58 Å². The van der Waals surface area contributed by atoms with Gasteiger partial charge in [0.1, 0.15) is 0 Å². The summed E-state index contributed by atoms with van der Waals surface area (Å²) in [6.07, 6.45) is 1.03. The topological polar surface area (TPSA) is 66.8 Å². The van der Waals surface area contributed by atoms with Gasteiger partial charge in [0.05, 0.1) is 13.2 Å². The molecule has 0 aliphatic heterocycles. The third kappa shape index (κ3) is 15.6. The van der Waals surface area contributed by atoms with Crippen LogP contribution in [0.25, 0.3) is 0 Å². The normalized spacial score (nSPS) is 7.10. The summed E-state index contributed by atoms with van der Waals surface area (Å²) in [5, 5.41) is 15.2. The Bertz CT molecular complexity index is 91.6. The minimum absolute atomic E-state index is 0.125. The molecular formula is C5H10O4S. The Balaban J connectivity index is 0. The van der Waals surface area contributed by atoms with Crippen molar-refractivity contribution in [3.05, 3.63) is 12.7 Å². The second-order valence-electron chi connectivity index (χ2n) is 1.06. The van der Waals surface area contributed by atoms with Crippen molar-refractivity contribution in [3.8, 4) is 0 Å². The second-order valence-corrected chi connectivity index (χ2v) is 1.24. The van der Waals surface area contributed by atoms with E-state index in [4.69, 9.17) is 10.2 Å². The summed E-state index contributed by atoms with van der Waals surface area (Å²) < 4.78 is 3.84. The minimum atomic E-state index is -0.529. The van der Waals surface area contributed by atoms with E-state index in [1.807, 2.05) is 0 Å². The Morgan fingerprint density at radius 3 is 2.00 bits per heavy atom. The SMILES string of the molecule is C=CC(=O)OS.OCCO. The zero-order chi connectivity index (χ0) is 8.41. The monoisotopic (exact) mass is 166 g/mol. The van der Waals surface area contributed by atoms with E-state index >= 15 is 0 Å². The molecule has 0 radical (unpaired) electrons. The van der Waals surface area contributed by atoms with Crippen LogP contribution in [0.15, 0.2) is 12.7 Å². The fourth-order valence-corrected chi connectivity index (χ4v) is 0.112. The Hall–Kier alpha value is -0.520. The number of hydrogen-bond donors (Lipinski definition) is 3. The lowest BCUT2D eigenvalue weighted by atomic mass is 10.7. The highest BCUT2D eigenvalue weighted by molar-refractivity contribution is 7.75. The van der Waals surface area contributed by atoms with Crippen molar-refractivity contribution in [3.63, 3.8) is 0 Å². The van der Waals surface area contributed by atoms with Crippen molar-refractivity contribution in [1.82, 2.24) is 0 Å². The van der Waals surface area contributed by atoms with E-state index in [0.717, 1.165) is 6.08 Å². The molecule has 10 heavy (non-hydrogen) atoms. The number of rotatable bonds is 2. The number of aliphatic hydroxyl groups is 2. The molecule has 0 bridgehead atoms. The maximum Gasteiger partial charge on any atom is 0.341 e. The Kier molecular flexibility index (Phi) is 13.8. The summed E-state index contributed by atoms with van der Waals surface area (Å²) in [4.78, 5) is 9.76. The van der Waals surface area contributed by atoms with Gasteiger partial charge in [0.15, 0.2) is 0 Å². The largest absolute Gasteiger partial charge is 0.394 e. The maximum absolute atomic E-state index is 9.76. The van der Waals surface area contributed by atoms with E-state index in [-0.39, 0.29) is 13.2 Å². The number of carbonyl (C=O) groups is 1. The molecule has 4 nitrogen and oxygen atoms in total. The van der Waals surface area contributed by atoms with Gasteiger partial charge in [-0.25, -0.2) is 4.79 Å². The molecule has 0 aliphatic rings. The zero-order valence-corrected chi connectivity index (χ0v) is 6.25. The fraction of sp³-hybridized carbons (Fsp3) is 0.400. The summed E-state index contributed by atoms with van der Waals surface area (Å²) in [5.74, 6) is -0.529. The van der Waals surface area contributed by atoms with Crippen molar-refractivity contribution in [2.24, 2.45) is 0 Å². The first-order valence-corrected chi connectivity index (χ1v) is 2.79. The van der Waals surface area contributed by atoms with Gasteiger partial charge in [0.25, 0.3) is 0 Å². The predicted molar refractivity (Wildman–Crippen MR) is 39.4 cm³/mol. The summed E-state index contributed by atoms with van der Waals surface area (Å²) >= 11 is 3.17. The van der Waals surface area contributed by atoms with E-state index in [2.05, 4.69) is 23.7 Å². The van der Waals surface area contributed by atoms with Crippen LogP contribution in [0.2, 0.25) is 0 Å². The lowest BCUT2D eigenvalue weighted by Gasteiger charge is -1.80. The molecule has 0 saturated carbocycles. The van der Waals surface area contributed by atoms with Gasteiger partial charge >= 0.3 is 5.97 Å². The summed E-state index contributed by atoms with van der Waals surface area (Å²) in [6, 6.07) is 0. The van der Waals surface area contributed by atoms with Gasteiger partial charge in [-0.05, 0) is 0 Å². The molecule has 0 unspecified atom stereocenters. The van der Waals surface area contributed by atoms with Crippen molar-refractivity contribution in [1.29, 1.82) is 0 Å². The highest BCUT2D eigenvalue weighted by Crippen LogP contribution is 1.78. The molecule has 0 saturated heterocycles. The van der Waals surface area contributed by atoms with Crippen LogP contribution < -0.4 is 0 Å². The molecule has 2 N–H and O–H groups in total. The lowest BCUT2D eigenvalue weighted by molar-refractivity contribution is -0.127. The maximum atomic E-state index is 9.76. The van der Waals surface area contributed by atoms with Crippen molar-refractivity contribution in [2.45, 2.75) is 0 Å². The van der Waals surface area contributed by atoms with Gasteiger partial charge in [-0.15, -0.1) is 0 Å². The molecule has 0 aromatic carbocycles. The molecule has 0 rings (SSSR count). The third-order valence-electron chi connectivity index (χ3n) is 0.357. The summed E-state index contributed by atoms with van der Waals surface area (Å²) in [5.41, 5.74) is 0. The minimum Gasteiger partial charge on any atom is -0.394 e. The smallest absolute Gasteiger partial charge is 0.341 e. The molecule has 0 aliphatic carbocycles. The zero-order valence-electron chi connectivity index (χ0n) is 5.36. The van der Waals surface area contributed by atoms with E-state index in [9.17, 15) is 4.79 Å². The summed E-state index contributed by atoms with van der Waals surface area (Å²) in [7, 11) is 0. The Morgan fingerprint density at radius 2 is 2.00 bits per heavy atom. The van der Waals surface area contributed by atoms with E-state index in [1.54, 1.807) is 0 Å². The highest BCUT2D eigenvalue weighted by Gasteiger charge is 1.83. The average molecular weight is 166 g/mol. The van der Waals surface area contributed by atoms with Crippen molar-refractivity contribution < 1.29 is 19.2 Å². The number of aliphatic hydroxyl groups excluding tert-OH is 2. The molecule has 5 heteroatoms. The van der Waals surface area contributed by atoms with Crippen LogP contribution >= 0.6 is 12.9 Å². The predicted octanol–water partition coefficient (Wildman–Crippen LogP) is -0.469. The molecular weight excluding hydrogens is 156 g/mol. The number of thiol groups is 1. The molecule has 60 valence electrons. The van der Waals surface area contributed by atoms with Gasteiger partial charge in [-0.3, -0.25) is 0 Å². The van der Waals surface area contributed by atoms with Crippen molar-refractivity contribution >= 4 is 18.9 Å². The number of hydrogen-bond acceptors (Lipinski definition) is 5. The van der Waals surface area contributed by atoms with Crippen LogP contribution in [-0.4, -0.2) is 29.4 Å². The Labute approximate surface area is 64.7 Å². The first-order valence-electron chi connectivity index (χ1n) is 2.42. The van der Waals surface area contributed by atoms with Crippen LogP contribution in [0.5, 0.6) is 0 Å². The van der Waals surface area contributed by atoms with Gasteiger partial charge in [0.2, 0.25) is 0 Å². The van der Waals surface area contributed by atoms with Crippen LogP contribution in [0.3, 0.4) is 0 Å². The van der Waals surface area contributed by atoms with Crippen LogP contribution in [-0.2, 0) is 8.98 Å². The van der Waals surface area contributed by atoms with Crippen LogP contribution in [0.4, 0.5) is 0 Å². The van der Waals surface area contributed by atoms with Crippen LogP contribution in [0.1, 0.15) is 0 Å². The average Bonchev–Trinajstić information content (AvgIpc) is 2.03. The molecule has 0 amide bonds. The van der Waals surface area contributed by atoms with Gasteiger partial charge < -0.3 is 14.4 Å². The van der Waals surface area contributed by atoms with E-state index < -0.39 is 5.97 Å². The molecule has 0 aromatic heterocycles. The molecule has 0 aromatic rings. The molecule has 0 atom stereocenters. The standard InChI is InChI=1S/C3H4O2S.C2H6O2/c1-2-3(4)5-6;3-1-2-4/h2,6H,1H2;3-4H,1-2H2. The third-order valence-corrected chi connectivity index (χ3v) is 0.537. The second kappa shape index (κ2) is 11.3. The first-order chi connectivity index (χ1) is 4.72. The van der Waals surface area contributed by atoms with Crippen LogP contribution in [0, 0.1) is 0 Å². The molecule has 0 fully saturated rings. The highest BCUT2D eigenvalue weighted by atomic mass is 32.1. The molecule has 0 spiro atoms. The van der Waals surface area contributed by atoms with E-state index in [0.29, 0.717) is 0 Å². The Morgan fingerprint density at radius 1 is 1.60 bits per heavy atom. The van der Waals surface area contributed by atoms with Gasteiger partial charge in [0, 0.05) is 19.0 Å². The fourth-order valence-electron chi connectivity index (χ4n) is 0.0373. The quantitative estimate of drug-likeness (QED) is 0.295. The first kappa shape index (κ1) is 12.2. The van der Waals surface area contributed by atoms with E-state index in [1.165, 1.54) is 0 Å².